The van der Waals surface area contributed by atoms with E-state index in [-0.39, 0.29) is 5.57 Å². The van der Waals surface area contributed by atoms with Crippen molar-refractivity contribution in [3.63, 3.8) is 0 Å². The Morgan fingerprint density at radius 3 is 2.48 bits per heavy atom. The van der Waals surface area contributed by atoms with Crippen molar-refractivity contribution in [3.8, 4) is 11.8 Å². The topological polar surface area (TPSA) is 62.1 Å². The molecular formula is C21H22N2O2. The first-order chi connectivity index (χ1) is 12.0. The van der Waals surface area contributed by atoms with E-state index in [2.05, 4.69) is 5.32 Å². The number of benzene rings is 2. The van der Waals surface area contributed by atoms with Crippen LogP contribution in [0.5, 0.6) is 5.75 Å². The van der Waals surface area contributed by atoms with E-state index in [0.29, 0.717) is 12.3 Å². The fourth-order valence-corrected chi connectivity index (χ4v) is 2.21. The minimum Gasteiger partial charge on any atom is -0.494 e. The number of hydrogen-bond acceptors (Lipinski definition) is 3. The van der Waals surface area contributed by atoms with Gasteiger partial charge in [-0.05, 0) is 67.3 Å². The van der Waals surface area contributed by atoms with Crippen molar-refractivity contribution < 1.29 is 9.53 Å². The normalized spacial score (nSPS) is 10.9. The van der Waals surface area contributed by atoms with Gasteiger partial charge in [-0.25, -0.2) is 0 Å². The summed E-state index contributed by atoms with van der Waals surface area (Å²) in [4.78, 5) is 12.3. The van der Waals surface area contributed by atoms with Gasteiger partial charge < -0.3 is 10.1 Å². The molecule has 0 bridgehead atoms. The van der Waals surface area contributed by atoms with Crippen LogP contribution in [0, 0.1) is 25.2 Å². The second kappa shape index (κ2) is 8.70. The Morgan fingerprint density at radius 1 is 1.16 bits per heavy atom. The Balaban J connectivity index is 2.12. The van der Waals surface area contributed by atoms with Gasteiger partial charge in [-0.15, -0.1) is 0 Å². The first-order valence-corrected chi connectivity index (χ1v) is 8.26. The highest BCUT2D eigenvalue weighted by molar-refractivity contribution is 6.09. The molecule has 0 aliphatic heterocycles. The van der Waals surface area contributed by atoms with E-state index in [1.807, 2.05) is 69.3 Å². The van der Waals surface area contributed by atoms with Gasteiger partial charge in [0.2, 0.25) is 0 Å². The van der Waals surface area contributed by atoms with E-state index in [9.17, 15) is 10.1 Å². The van der Waals surface area contributed by atoms with Crippen molar-refractivity contribution in [1.29, 1.82) is 5.26 Å². The number of aryl methyl sites for hydroxylation is 2. The monoisotopic (exact) mass is 334 g/mol. The van der Waals surface area contributed by atoms with E-state index >= 15 is 0 Å². The summed E-state index contributed by atoms with van der Waals surface area (Å²) < 4.78 is 5.52. The van der Waals surface area contributed by atoms with Crippen LogP contribution in [0.1, 0.15) is 30.0 Å². The molecule has 1 amide bonds. The van der Waals surface area contributed by atoms with E-state index < -0.39 is 5.91 Å². The molecule has 2 aromatic rings. The predicted molar refractivity (Wildman–Crippen MR) is 100 cm³/mol. The van der Waals surface area contributed by atoms with Crippen molar-refractivity contribution in [1.82, 2.24) is 0 Å². The second-order valence-electron chi connectivity index (χ2n) is 5.84. The number of nitriles is 1. The summed E-state index contributed by atoms with van der Waals surface area (Å²) in [7, 11) is 0. The van der Waals surface area contributed by atoms with E-state index in [1.165, 1.54) is 0 Å². The number of ether oxygens (including phenoxy) is 1. The summed E-state index contributed by atoms with van der Waals surface area (Å²) in [6.07, 6.45) is 2.51. The van der Waals surface area contributed by atoms with E-state index in [4.69, 9.17) is 4.74 Å². The average molecular weight is 334 g/mol. The Kier molecular flexibility index (Phi) is 6.36. The van der Waals surface area contributed by atoms with Gasteiger partial charge in [0.25, 0.3) is 5.91 Å². The summed E-state index contributed by atoms with van der Waals surface area (Å²) in [6, 6.07) is 14.9. The molecule has 0 saturated heterocycles. The van der Waals surface area contributed by atoms with Crippen LogP contribution in [-0.2, 0) is 4.79 Å². The molecule has 0 saturated carbocycles. The van der Waals surface area contributed by atoms with Gasteiger partial charge >= 0.3 is 0 Å². The Bertz CT molecular complexity index is 815. The molecule has 0 radical (unpaired) electrons. The lowest BCUT2D eigenvalue weighted by Crippen LogP contribution is -2.13. The smallest absolute Gasteiger partial charge is 0.266 e. The van der Waals surface area contributed by atoms with Gasteiger partial charge in [-0.1, -0.05) is 25.1 Å². The Labute approximate surface area is 148 Å². The Hall–Kier alpha value is -3.06. The first kappa shape index (κ1) is 18.3. The van der Waals surface area contributed by atoms with Crippen molar-refractivity contribution in [3.05, 3.63) is 64.7 Å². The summed E-state index contributed by atoms with van der Waals surface area (Å²) >= 11 is 0. The van der Waals surface area contributed by atoms with E-state index in [0.717, 1.165) is 28.9 Å². The molecule has 0 unspecified atom stereocenters. The van der Waals surface area contributed by atoms with Crippen LogP contribution in [-0.4, -0.2) is 12.5 Å². The molecule has 2 rings (SSSR count). The summed E-state index contributed by atoms with van der Waals surface area (Å²) in [5.41, 5.74) is 3.75. The molecule has 0 aliphatic rings. The standard InChI is InChI=1S/C21H22N2O2/c1-4-11-25-20-9-6-17(7-10-20)13-18(14-22)21(24)23-19-8-5-15(2)16(3)12-19/h5-10,12-13H,4,11H2,1-3H3,(H,23,24)/b18-13+. The average Bonchev–Trinajstić information content (AvgIpc) is 2.62. The zero-order valence-electron chi connectivity index (χ0n) is 14.8. The third-order valence-electron chi connectivity index (χ3n) is 3.79. The summed E-state index contributed by atoms with van der Waals surface area (Å²) in [5, 5.41) is 12.1. The predicted octanol–water partition coefficient (Wildman–Crippen LogP) is 4.64. The molecule has 4 heteroatoms. The maximum atomic E-state index is 12.3. The van der Waals surface area contributed by atoms with Gasteiger partial charge in [0.1, 0.15) is 17.4 Å². The van der Waals surface area contributed by atoms with Crippen molar-refractivity contribution in [2.45, 2.75) is 27.2 Å². The largest absolute Gasteiger partial charge is 0.494 e. The van der Waals surface area contributed by atoms with Crippen LogP contribution in [0.15, 0.2) is 48.0 Å². The number of nitrogens with one attached hydrogen (secondary N) is 1. The first-order valence-electron chi connectivity index (χ1n) is 8.26. The number of hydrogen-bond donors (Lipinski definition) is 1. The number of nitrogens with zero attached hydrogens (tertiary/aromatic N) is 1. The lowest BCUT2D eigenvalue weighted by atomic mass is 10.1. The summed E-state index contributed by atoms with van der Waals surface area (Å²) in [5.74, 6) is 0.356. The highest BCUT2D eigenvalue weighted by Crippen LogP contribution is 2.17. The second-order valence-corrected chi connectivity index (χ2v) is 5.84. The molecule has 0 spiro atoms. The molecular weight excluding hydrogens is 312 g/mol. The van der Waals surface area contributed by atoms with Crippen LogP contribution in [0.25, 0.3) is 6.08 Å². The molecule has 128 valence electrons. The number of carbonyl (C=O) groups is 1. The van der Waals surface area contributed by atoms with Gasteiger partial charge in [0, 0.05) is 5.69 Å². The van der Waals surface area contributed by atoms with Crippen molar-refractivity contribution in [2.24, 2.45) is 0 Å². The number of anilines is 1. The lowest BCUT2D eigenvalue weighted by Gasteiger charge is -2.07. The maximum Gasteiger partial charge on any atom is 0.266 e. The van der Waals surface area contributed by atoms with Gasteiger partial charge in [-0.2, -0.15) is 5.26 Å². The van der Waals surface area contributed by atoms with Crippen LogP contribution in [0.2, 0.25) is 0 Å². The molecule has 1 N–H and O–H groups in total. The van der Waals surface area contributed by atoms with Gasteiger partial charge in [0.05, 0.1) is 6.61 Å². The van der Waals surface area contributed by atoms with Crippen LogP contribution < -0.4 is 10.1 Å². The zero-order chi connectivity index (χ0) is 18.2. The molecule has 0 heterocycles. The van der Waals surface area contributed by atoms with Crippen LogP contribution >= 0.6 is 0 Å². The molecule has 0 aromatic heterocycles. The third kappa shape index (κ3) is 5.22. The van der Waals surface area contributed by atoms with Crippen LogP contribution in [0.4, 0.5) is 5.69 Å². The molecule has 0 atom stereocenters. The summed E-state index contributed by atoms with van der Waals surface area (Å²) in [6.45, 7) is 6.70. The molecule has 0 fully saturated rings. The quantitative estimate of drug-likeness (QED) is 0.618. The highest BCUT2D eigenvalue weighted by Gasteiger charge is 2.10. The molecule has 25 heavy (non-hydrogen) atoms. The van der Waals surface area contributed by atoms with Crippen LogP contribution in [0.3, 0.4) is 0 Å². The lowest BCUT2D eigenvalue weighted by molar-refractivity contribution is -0.112. The molecule has 4 nitrogen and oxygen atoms in total. The maximum absolute atomic E-state index is 12.3. The van der Waals surface area contributed by atoms with E-state index in [1.54, 1.807) is 6.08 Å². The Morgan fingerprint density at radius 2 is 1.88 bits per heavy atom. The number of rotatable bonds is 6. The minimum absolute atomic E-state index is 0.0560. The number of amides is 1. The van der Waals surface area contributed by atoms with Gasteiger partial charge in [0.15, 0.2) is 0 Å². The minimum atomic E-state index is -0.419. The van der Waals surface area contributed by atoms with Crippen molar-refractivity contribution in [2.75, 3.05) is 11.9 Å². The fourth-order valence-electron chi connectivity index (χ4n) is 2.21. The fraction of sp³-hybridized carbons (Fsp3) is 0.238. The highest BCUT2D eigenvalue weighted by atomic mass is 16.5. The molecule has 2 aromatic carbocycles. The van der Waals surface area contributed by atoms with Crippen molar-refractivity contribution >= 4 is 17.7 Å². The molecule has 0 aliphatic carbocycles. The third-order valence-corrected chi connectivity index (χ3v) is 3.79. The number of carbonyl (C=O) groups excluding carboxylic acids is 1. The zero-order valence-corrected chi connectivity index (χ0v) is 14.8. The van der Waals surface area contributed by atoms with Gasteiger partial charge in [-0.3, -0.25) is 4.79 Å². The SMILES string of the molecule is CCCOc1ccc(/C=C(\C#N)C(=O)Nc2ccc(C)c(C)c2)cc1.